The summed E-state index contributed by atoms with van der Waals surface area (Å²) in [6, 6.07) is 6.86. The SMILES string of the molecule is COc1ccc(-c2ccc(Cl)c(Cl)c2Cl)c(Cl)c1Cl. The molecule has 2 aromatic carbocycles. The van der Waals surface area contributed by atoms with E-state index in [-0.39, 0.29) is 5.02 Å². The Kier molecular flexibility index (Phi) is 4.75. The van der Waals surface area contributed by atoms with Gasteiger partial charge in [-0.1, -0.05) is 64.1 Å². The summed E-state index contributed by atoms with van der Waals surface area (Å²) in [5.74, 6) is 0.492. The highest BCUT2D eigenvalue weighted by molar-refractivity contribution is 6.50. The Morgan fingerprint density at radius 2 is 1.21 bits per heavy atom. The quantitative estimate of drug-likeness (QED) is 0.549. The molecule has 100 valence electrons. The zero-order valence-corrected chi connectivity index (χ0v) is 13.4. The summed E-state index contributed by atoms with van der Waals surface area (Å²) < 4.78 is 5.09. The highest BCUT2D eigenvalue weighted by Gasteiger charge is 2.16. The molecule has 0 radical (unpaired) electrons. The number of hydrogen-bond donors (Lipinski definition) is 0. The van der Waals surface area contributed by atoms with Crippen molar-refractivity contribution in [2.24, 2.45) is 0 Å². The van der Waals surface area contributed by atoms with Gasteiger partial charge in [0.2, 0.25) is 0 Å². The van der Waals surface area contributed by atoms with E-state index in [1.807, 2.05) is 0 Å². The summed E-state index contributed by atoms with van der Waals surface area (Å²) >= 11 is 30.4. The van der Waals surface area contributed by atoms with Crippen molar-refractivity contribution in [3.8, 4) is 16.9 Å². The standard InChI is InChI=1S/C13H7Cl5O/c1-19-9-5-3-7(11(16)13(9)18)6-2-4-8(14)12(17)10(6)15/h2-5H,1H3. The number of hydrogen-bond acceptors (Lipinski definition) is 1. The van der Waals surface area contributed by atoms with E-state index in [0.717, 1.165) is 0 Å². The molecule has 0 aliphatic heterocycles. The summed E-state index contributed by atoms with van der Waals surface area (Å²) in [5.41, 5.74) is 1.32. The summed E-state index contributed by atoms with van der Waals surface area (Å²) in [5, 5.41) is 1.66. The molecule has 19 heavy (non-hydrogen) atoms. The van der Waals surface area contributed by atoms with Crippen molar-refractivity contribution >= 4 is 58.0 Å². The normalized spacial score (nSPS) is 10.6. The average molecular weight is 356 g/mol. The molecule has 0 heterocycles. The van der Waals surface area contributed by atoms with Crippen LogP contribution in [0.3, 0.4) is 0 Å². The zero-order valence-electron chi connectivity index (χ0n) is 9.61. The number of methoxy groups -OCH3 is 1. The molecule has 2 aromatic rings. The average Bonchev–Trinajstić information content (AvgIpc) is 2.40. The van der Waals surface area contributed by atoms with Gasteiger partial charge in [0.15, 0.2) is 0 Å². The zero-order chi connectivity index (χ0) is 14.2. The fourth-order valence-corrected chi connectivity index (χ4v) is 2.77. The van der Waals surface area contributed by atoms with Crippen LogP contribution in [0.15, 0.2) is 24.3 Å². The molecule has 0 aromatic heterocycles. The molecule has 0 saturated carbocycles. The van der Waals surface area contributed by atoms with E-state index >= 15 is 0 Å². The highest BCUT2D eigenvalue weighted by Crippen LogP contribution is 2.44. The second-order valence-corrected chi connectivity index (χ2v) is 5.59. The van der Waals surface area contributed by atoms with Gasteiger partial charge < -0.3 is 4.74 Å². The third-order valence-electron chi connectivity index (χ3n) is 2.59. The third-order valence-corrected chi connectivity index (χ3v) is 4.75. The smallest absolute Gasteiger partial charge is 0.139 e. The Balaban J connectivity index is 2.67. The molecule has 0 atom stereocenters. The van der Waals surface area contributed by atoms with Gasteiger partial charge in [-0.3, -0.25) is 0 Å². The van der Waals surface area contributed by atoms with E-state index in [2.05, 4.69) is 0 Å². The predicted molar refractivity (Wildman–Crippen MR) is 83.5 cm³/mol. The number of ether oxygens (including phenoxy) is 1. The van der Waals surface area contributed by atoms with Crippen LogP contribution in [0, 0.1) is 0 Å². The molecular formula is C13H7Cl5O. The Bertz CT molecular complexity index is 639. The van der Waals surface area contributed by atoms with Crippen LogP contribution < -0.4 is 4.74 Å². The van der Waals surface area contributed by atoms with Gasteiger partial charge in [-0.05, 0) is 18.2 Å². The number of rotatable bonds is 2. The van der Waals surface area contributed by atoms with E-state index in [9.17, 15) is 0 Å². The van der Waals surface area contributed by atoms with Crippen LogP contribution in [0.5, 0.6) is 5.75 Å². The minimum atomic E-state index is 0.281. The topological polar surface area (TPSA) is 9.23 Å². The molecule has 0 N–H and O–H groups in total. The molecule has 0 fully saturated rings. The minimum absolute atomic E-state index is 0.281. The molecule has 1 nitrogen and oxygen atoms in total. The first-order valence-corrected chi connectivity index (χ1v) is 7.02. The van der Waals surface area contributed by atoms with Crippen molar-refractivity contribution < 1.29 is 4.74 Å². The van der Waals surface area contributed by atoms with Crippen molar-refractivity contribution in [3.63, 3.8) is 0 Å². The van der Waals surface area contributed by atoms with E-state index < -0.39 is 0 Å². The van der Waals surface area contributed by atoms with Crippen LogP contribution >= 0.6 is 58.0 Å². The van der Waals surface area contributed by atoms with Crippen LogP contribution in [0.1, 0.15) is 0 Å². The fraction of sp³-hybridized carbons (Fsp3) is 0.0769. The van der Waals surface area contributed by atoms with Crippen molar-refractivity contribution in [1.29, 1.82) is 0 Å². The maximum absolute atomic E-state index is 6.23. The maximum atomic E-state index is 6.23. The van der Waals surface area contributed by atoms with E-state index in [0.29, 0.717) is 37.0 Å². The summed E-state index contributed by atoms with van der Waals surface area (Å²) in [6.45, 7) is 0. The number of benzene rings is 2. The Morgan fingerprint density at radius 1 is 0.684 bits per heavy atom. The molecule has 6 heteroatoms. The largest absolute Gasteiger partial charge is 0.495 e. The van der Waals surface area contributed by atoms with Crippen LogP contribution in [0.25, 0.3) is 11.1 Å². The second-order valence-electron chi connectivity index (χ2n) is 3.67. The highest BCUT2D eigenvalue weighted by atomic mass is 35.5. The lowest BCUT2D eigenvalue weighted by Crippen LogP contribution is -1.88. The minimum Gasteiger partial charge on any atom is -0.495 e. The van der Waals surface area contributed by atoms with Crippen LogP contribution in [-0.2, 0) is 0 Å². The fourth-order valence-electron chi connectivity index (χ4n) is 1.63. The van der Waals surface area contributed by atoms with E-state index in [4.69, 9.17) is 62.7 Å². The van der Waals surface area contributed by atoms with Gasteiger partial charge in [0.1, 0.15) is 10.8 Å². The van der Waals surface area contributed by atoms with Crippen molar-refractivity contribution in [2.75, 3.05) is 7.11 Å². The van der Waals surface area contributed by atoms with Gasteiger partial charge in [-0.2, -0.15) is 0 Å². The van der Waals surface area contributed by atoms with Gasteiger partial charge in [0, 0.05) is 11.1 Å². The first-order chi connectivity index (χ1) is 8.97. The third kappa shape index (κ3) is 2.76. The lowest BCUT2D eigenvalue weighted by Gasteiger charge is -2.12. The first-order valence-electron chi connectivity index (χ1n) is 5.13. The van der Waals surface area contributed by atoms with Crippen LogP contribution in [0.2, 0.25) is 25.1 Å². The van der Waals surface area contributed by atoms with E-state index in [1.165, 1.54) is 7.11 Å². The van der Waals surface area contributed by atoms with E-state index in [1.54, 1.807) is 24.3 Å². The molecule has 0 spiro atoms. The molecular weight excluding hydrogens is 349 g/mol. The molecule has 0 amide bonds. The van der Waals surface area contributed by atoms with Gasteiger partial charge in [0.05, 0.1) is 27.2 Å². The van der Waals surface area contributed by atoms with Crippen molar-refractivity contribution in [3.05, 3.63) is 49.4 Å². The van der Waals surface area contributed by atoms with Gasteiger partial charge >= 0.3 is 0 Å². The van der Waals surface area contributed by atoms with Gasteiger partial charge in [0.25, 0.3) is 0 Å². The summed E-state index contributed by atoms with van der Waals surface area (Å²) in [7, 11) is 1.52. The Labute approximate surface area is 135 Å². The summed E-state index contributed by atoms with van der Waals surface area (Å²) in [6.07, 6.45) is 0. The lowest BCUT2D eigenvalue weighted by atomic mass is 10.1. The molecule has 0 aliphatic rings. The molecule has 2 rings (SSSR count). The maximum Gasteiger partial charge on any atom is 0.139 e. The predicted octanol–water partition coefficient (Wildman–Crippen LogP) is 6.63. The van der Waals surface area contributed by atoms with Crippen molar-refractivity contribution in [2.45, 2.75) is 0 Å². The monoisotopic (exact) mass is 354 g/mol. The van der Waals surface area contributed by atoms with Crippen LogP contribution in [-0.4, -0.2) is 7.11 Å². The Hall–Kier alpha value is -0.310. The molecule has 0 unspecified atom stereocenters. The Morgan fingerprint density at radius 3 is 1.79 bits per heavy atom. The first kappa shape index (κ1) is 15.1. The molecule has 0 bridgehead atoms. The van der Waals surface area contributed by atoms with Crippen molar-refractivity contribution in [1.82, 2.24) is 0 Å². The molecule has 0 saturated heterocycles. The second kappa shape index (κ2) is 5.99. The van der Waals surface area contributed by atoms with Gasteiger partial charge in [-0.25, -0.2) is 0 Å². The summed E-state index contributed by atoms with van der Waals surface area (Å²) in [4.78, 5) is 0. The van der Waals surface area contributed by atoms with Gasteiger partial charge in [-0.15, -0.1) is 0 Å². The molecule has 0 aliphatic carbocycles. The lowest BCUT2D eigenvalue weighted by molar-refractivity contribution is 0.415. The van der Waals surface area contributed by atoms with Crippen LogP contribution in [0.4, 0.5) is 0 Å². The number of halogens is 5.